The van der Waals surface area contributed by atoms with Crippen LogP contribution in [0, 0.1) is 5.92 Å². The van der Waals surface area contributed by atoms with Crippen molar-refractivity contribution >= 4 is 43.1 Å². The standard InChI is InChI=1S/C37H45N3O11Si/c1-21-33(52(2,3)49)27(19-28(42)39(16-17-41)20-22-10-6-4-7-11-22)51-37(21)25-18-23(38-34(46)32-30(44)29(43)31(45)35(47)50-32)14-15-26(25)40(36(37)48)24-12-8-5-9-13-24/h4-15,18,21,27,29-33,35,41,43-45,47,49H,16-17,19-20H2,1-3H3,(H,38,46)/t21-,27+,29+,30+,31-,32+,33-,35-,37+/m1/s1. The van der Waals surface area contributed by atoms with Crippen molar-refractivity contribution in [1.29, 1.82) is 0 Å². The molecule has 3 aliphatic heterocycles. The largest absolute Gasteiger partial charge is 0.432 e. The normalized spacial score (nSPS) is 30.0. The first kappa shape index (κ1) is 37.7. The number of ether oxygens (including phenoxy) is 2. The lowest BCUT2D eigenvalue weighted by atomic mass is 9.82. The van der Waals surface area contributed by atoms with Crippen LogP contribution in [0.3, 0.4) is 0 Å². The smallest absolute Gasteiger partial charge is 0.268 e. The van der Waals surface area contributed by atoms with Crippen molar-refractivity contribution in [1.82, 2.24) is 4.90 Å². The number of hydrogen-bond donors (Lipinski definition) is 7. The van der Waals surface area contributed by atoms with Crippen molar-refractivity contribution in [2.45, 2.75) is 80.9 Å². The van der Waals surface area contributed by atoms with Crippen LogP contribution in [0.15, 0.2) is 78.9 Å². The molecule has 0 aromatic heterocycles. The number of carbonyl (C=O) groups excluding carboxylic acids is 3. The number of carbonyl (C=O) groups is 3. The van der Waals surface area contributed by atoms with E-state index in [2.05, 4.69) is 5.32 Å². The van der Waals surface area contributed by atoms with Gasteiger partial charge < -0.3 is 50.0 Å². The number of aliphatic hydroxyl groups is 5. The fourth-order valence-electron chi connectivity index (χ4n) is 7.92. The molecule has 15 heteroatoms. The highest BCUT2D eigenvalue weighted by atomic mass is 28.4. The zero-order valence-corrected chi connectivity index (χ0v) is 30.1. The van der Waals surface area contributed by atoms with E-state index in [4.69, 9.17) is 9.47 Å². The first-order valence-corrected chi connectivity index (χ1v) is 20.3. The van der Waals surface area contributed by atoms with Gasteiger partial charge in [0.1, 0.15) is 18.3 Å². The third-order valence-corrected chi connectivity index (χ3v) is 12.8. The quantitative estimate of drug-likeness (QED) is 0.148. The molecule has 1 spiro atoms. The SMILES string of the molecule is C[C@@H]1[C@@H]([Si](C)(C)O)[C@H](CC(=O)N(CCO)Cc2ccccc2)O[C@@]12C(=O)N(c1ccccc1)c1ccc(NC(=O)[C@H]3O[C@@H](O)[C@H](O)[C@@H](O)[C@@H]3O)cc12. The Hall–Kier alpha value is -4.03. The molecule has 0 aliphatic carbocycles. The van der Waals surface area contributed by atoms with E-state index in [0.717, 1.165) is 5.56 Å². The van der Waals surface area contributed by atoms with Crippen molar-refractivity contribution in [2.75, 3.05) is 23.4 Å². The molecule has 0 bridgehead atoms. The average Bonchev–Trinajstić information content (AvgIpc) is 3.55. The number of nitrogens with zero attached hydrogens (tertiary/aromatic N) is 2. The maximum Gasteiger partial charge on any atom is 0.268 e. The van der Waals surface area contributed by atoms with Crippen LogP contribution in [-0.2, 0) is 36.0 Å². The second-order valence-electron chi connectivity index (χ2n) is 14.2. The van der Waals surface area contributed by atoms with Crippen molar-refractivity contribution in [3.63, 3.8) is 0 Å². The van der Waals surface area contributed by atoms with Crippen molar-refractivity contribution < 1.29 is 54.2 Å². The summed E-state index contributed by atoms with van der Waals surface area (Å²) in [5.74, 6) is -2.34. The van der Waals surface area contributed by atoms with E-state index in [9.17, 15) is 44.7 Å². The van der Waals surface area contributed by atoms with Gasteiger partial charge >= 0.3 is 0 Å². The van der Waals surface area contributed by atoms with Gasteiger partial charge in [-0.15, -0.1) is 0 Å². The molecule has 0 unspecified atom stereocenters. The Kier molecular flexibility index (Phi) is 10.7. The molecule has 278 valence electrons. The summed E-state index contributed by atoms with van der Waals surface area (Å²) in [5.41, 5.74) is 0.116. The van der Waals surface area contributed by atoms with Crippen molar-refractivity contribution in [2.24, 2.45) is 5.92 Å². The molecule has 7 N–H and O–H groups in total. The van der Waals surface area contributed by atoms with Gasteiger partial charge in [0.2, 0.25) is 5.91 Å². The van der Waals surface area contributed by atoms with Crippen LogP contribution in [0.2, 0.25) is 18.6 Å². The molecular formula is C37H45N3O11Si. The predicted molar refractivity (Wildman–Crippen MR) is 190 cm³/mol. The van der Waals surface area contributed by atoms with Gasteiger partial charge in [0.05, 0.1) is 24.8 Å². The molecule has 6 rings (SSSR count). The molecule has 2 saturated heterocycles. The van der Waals surface area contributed by atoms with Gasteiger partial charge in [0, 0.05) is 41.5 Å². The molecule has 2 fully saturated rings. The van der Waals surface area contributed by atoms with Gasteiger partial charge in [-0.3, -0.25) is 19.3 Å². The molecule has 52 heavy (non-hydrogen) atoms. The maximum absolute atomic E-state index is 14.9. The minimum absolute atomic E-state index is 0.0742. The fraction of sp³-hybridized carbons (Fsp3) is 0.432. The number of rotatable bonds is 10. The summed E-state index contributed by atoms with van der Waals surface area (Å²) in [6, 6.07) is 23.0. The highest BCUT2D eigenvalue weighted by molar-refractivity contribution is 6.71. The summed E-state index contributed by atoms with van der Waals surface area (Å²) >= 11 is 0. The van der Waals surface area contributed by atoms with Gasteiger partial charge in [-0.1, -0.05) is 55.5 Å². The zero-order valence-electron chi connectivity index (χ0n) is 29.1. The Morgan fingerprint density at radius 2 is 1.60 bits per heavy atom. The number of nitrogens with one attached hydrogen (secondary N) is 1. The summed E-state index contributed by atoms with van der Waals surface area (Å²) in [6.45, 7) is 5.36. The van der Waals surface area contributed by atoms with E-state index < -0.39 is 74.0 Å². The van der Waals surface area contributed by atoms with E-state index >= 15 is 0 Å². The van der Waals surface area contributed by atoms with Gasteiger partial charge in [-0.25, -0.2) is 0 Å². The summed E-state index contributed by atoms with van der Waals surface area (Å²) in [7, 11) is -3.18. The monoisotopic (exact) mass is 735 g/mol. The van der Waals surface area contributed by atoms with Crippen LogP contribution in [0.25, 0.3) is 0 Å². The highest BCUT2D eigenvalue weighted by Gasteiger charge is 2.67. The number of hydrogen-bond acceptors (Lipinski definition) is 11. The summed E-state index contributed by atoms with van der Waals surface area (Å²) in [4.78, 5) is 56.9. The Morgan fingerprint density at radius 1 is 0.942 bits per heavy atom. The van der Waals surface area contributed by atoms with Gasteiger partial charge in [-0.2, -0.15) is 0 Å². The Balaban J connectivity index is 1.38. The van der Waals surface area contributed by atoms with E-state index in [1.807, 2.05) is 43.3 Å². The van der Waals surface area contributed by atoms with E-state index in [1.165, 1.54) is 15.9 Å². The molecule has 0 saturated carbocycles. The van der Waals surface area contributed by atoms with Crippen LogP contribution < -0.4 is 10.2 Å². The number of benzene rings is 3. The summed E-state index contributed by atoms with van der Waals surface area (Å²) in [6.07, 6.45) is -10.2. The lowest BCUT2D eigenvalue weighted by Crippen LogP contribution is -2.60. The second kappa shape index (κ2) is 14.8. The van der Waals surface area contributed by atoms with Crippen LogP contribution in [0.1, 0.15) is 24.5 Å². The van der Waals surface area contributed by atoms with Gasteiger partial charge in [-0.05, 0) is 49.0 Å². The Labute approximate surface area is 302 Å². The minimum Gasteiger partial charge on any atom is -0.432 e. The zero-order chi connectivity index (χ0) is 37.5. The summed E-state index contributed by atoms with van der Waals surface area (Å²) in [5, 5.41) is 52.9. The molecule has 3 aromatic carbocycles. The molecule has 3 heterocycles. The van der Waals surface area contributed by atoms with Gasteiger partial charge in [0.15, 0.2) is 26.3 Å². The lowest BCUT2D eigenvalue weighted by molar-refractivity contribution is -0.274. The minimum atomic E-state index is -3.18. The number of amides is 3. The van der Waals surface area contributed by atoms with E-state index in [-0.39, 0.29) is 37.7 Å². The fourth-order valence-corrected chi connectivity index (χ4v) is 10.5. The van der Waals surface area contributed by atoms with E-state index in [0.29, 0.717) is 16.9 Å². The first-order valence-electron chi connectivity index (χ1n) is 17.2. The molecule has 0 radical (unpaired) electrons. The number of aliphatic hydroxyl groups excluding tert-OH is 5. The topological polar surface area (TPSA) is 210 Å². The average molecular weight is 736 g/mol. The van der Waals surface area contributed by atoms with Crippen LogP contribution >= 0.6 is 0 Å². The van der Waals surface area contributed by atoms with Crippen LogP contribution in [0.4, 0.5) is 17.1 Å². The number of anilines is 3. The molecule has 3 amide bonds. The first-order chi connectivity index (χ1) is 24.7. The van der Waals surface area contributed by atoms with Crippen molar-refractivity contribution in [3.8, 4) is 0 Å². The maximum atomic E-state index is 14.9. The van der Waals surface area contributed by atoms with Crippen LogP contribution in [-0.4, -0.2) is 111 Å². The molecule has 14 nitrogen and oxygen atoms in total. The third kappa shape index (κ3) is 6.79. The predicted octanol–water partition coefficient (Wildman–Crippen LogP) is 1.31. The molecule has 9 atom stereocenters. The number of fused-ring (bicyclic) bond motifs is 2. The van der Waals surface area contributed by atoms with Gasteiger partial charge in [0.25, 0.3) is 11.8 Å². The Morgan fingerprint density at radius 3 is 2.23 bits per heavy atom. The van der Waals surface area contributed by atoms with Crippen molar-refractivity contribution in [3.05, 3.63) is 90.0 Å². The third-order valence-electron chi connectivity index (χ3n) is 10.3. The molecular weight excluding hydrogens is 691 g/mol. The van der Waals surface area contributed by atoms with Crippen LogP contribution in [0.5, 0.6) is 0 Å². The Bertz CT molecular complexity index is 1780. The number of para-hydroxylation sites is 1. The lowest BCUT2D eigenvalue weighted by Gasteiger charge is -2.37. The second-order valence-corrected chi connectivity index (χ2v) is 18.2. The van der Waals surface area contributed by atoms with E-state index in [1.54, 1.807) is 49.5 Å². The highest BCUT2D eigenvalue weighted by Crippen LogP contribution is 2.61. The molecule has 3 aliphatic rings. The summed E-state index contributed by atoms with van der Waals surface area (Å²) < 4.78 is 11.9. The molecule has 3 aromatic rings.